The molecule has 278 valence electrons. The van der Waals surface area contributed by atoms with Crippen LogP contribution in [0.5, 0.6) is 11.5 Å². The number of anilines is 4. The molecule has 6 rings (SSSR count). The molecule has 0 aliphatic heterocycles. The van der Waals surface area contributed by atoms with Crippen LogP contribution in [0.1, 0.15) is 50.0 Å². The van der Waals surface area contributed by atoms with E-state index in [4.69, 9.17) is 15.2 Å². The smallest absolute Gasteiger partial charge is 0.295 e. The van der Waals surface area contributed by atoms with E-state index in [-0.39, 0.29) is 42.2 Å². The van der Waals surface area contributed by atoms with Crippen LogP contribution in [0.4, 0.5) is 28.6 Å². The molecule has 4 aromatic heterocycles. The van der Waals surface area contributed by atoms with E-state index in [2.05, 4.69) is 37.7 Å². The minimum atomic E-state index is -0.551. The third-order valence-electron chi connectivity index (χ3n) is 8.57. The van der Waals surface area contributed by atoms with Crippen LogP contribution in [0.15, 0.2) is 72.2 Å². The molecule has 0 atom stereocenters. The Labute approximate surface area is 309 Å². The molecular weight excluding hydrogens is 694 g/mol. The van der Waals surface area contributed by atoms with Crippen molar-refractivity contribution in [1.82, 2.24) is 28.5 Å². The van der Waals surface area contributed by atoms with Gasteiger partial charge < -0.3 is 44.9 Å². The van der Waals surface area contributed by atoms with Gasteiger partial charge in [0, 0.05) is 63.3 Å². The first-order valence-electron chi connectivity index (χ1n) is 16.7. The standard InChI is InChI=1S/C37H39N11O6/c1-21-12-30(53-6)31(16-26(21)39-2)54-11-7-8-33(49)43-32-20-47(5)34(44-32)36(51)42-24-14-28(45(3)18-24)35(50)41-25-15-29(46(4)19-25)37(52)48-27-10-9-23(38)13-22(27)17-40-48/h9-10,12-20H,2,7-8,11,38H2,1,3-6H3,(H,41,50)(H,42,51)(H,43,49). The molecule has 0 bridgehead atoms. The number of nitrogens with two attached hydrogens (primary N) is 1. The number of nitrogens with one attached hydrogen (secondary N) is 3. The topological polar surface area (TPSA) is 207 Å². The second-order valence-electron chi connectivity index (χ2n) is 12.5. The highest BCUT2D eigenvalue weighted by molar-refractivity contribution is 6.07. The van der Waals surface area contributed by atoms with Gasteiger partial charge in [-0.3, -0.25) is 24.2 Å². The summed E-state index contributed by atoms with van der Waals surface area (Å²) in [7, 11) is 6.52. The molecule has 4 heterocycles. The fourth-order valence-corrected chi connectivity index (χ4v) is 5.86. The van der Waals surface area contributed by atoms with Crippen LogP contribution in [0.25, 0.3) is 10.9 Å². The van der Waals surface area contributed by atoms with E-state index in [9.17, 15) is 19.2 Å². The van der Waals surface area contributed by atoms with Crippen LogP contribution >= 0.6 is 0 Å². The molecule has 0 saturated carbocycles. The molecule has 5 N–H and O–H groups in total. The second-order valence-corrected chi connectivity index (χ2v) is 12.5. The largest absolute Gasteiger partial charge is 0.493 e. The Kier molecular flexibility index (Phi) is 10.3. The predicted molar refractivity (Wildman–Crippen MR) is 204 cm³/mol. The Morgan fingerprint density at radius 2 is 1.57 bits per heavy atom. The number of rotatable bonds is 13. The molecule has 54 heavy (non-hydrogen) atoms. The first-order valence-corrected chi connectivity index (χ1v) is 16.7. The van der Waals surface area contributed by atoms with E-state index < -0.39 is 11.8 Å². The number of fused-ring (bicyclic) bond motifs is 1. The lowest BCUT2D eigenvalue weighted by Crippen LogP contribution is -2.17. The van der Waals surface area contributed by atoms with Gasteiger partial charge in [0.05, 0.1) is 42.5 Å². The van der Waals surface area contributed by atoms with Crippen LogP contribution in [0.3, 0.4) is 0 Å². The van der Waals surface area contributed by atoms with Crippen molar-refractivity contribution in [2.24, 2.45) is 26.1 Å². The fourth-order valence-electron chi connectivity index (χ4n) is 5.86. The van der Waals surface area contributed by atoms with Crippen molar-refractivity contribution in [3.8, 4) is 11.5 Å². The van der Waals surface area contributed by atoms with Crippen molar-refractivity contribution in [3.05, 3.63) is 90.0 Å². The molecule has 6 aromatic rings. The van der Waals surface area contributed by atoms with Gasteiger partial charge in [-0.05, 0) is 62.0 Å². The monoisotopic (exact) mass is 733 g/mol. The normalized spacial score (nSPS) is 11.0. The average molecular weight is 734 g/mol. The summed E-state index contributed by atoms with van der Waals surface area (Å²) in [5.74, 6) is -0.404. The number of nitrogen functional groups attached to an aromatic ring is 1. The van der Waals surface area contributed by atoms with E-state index in [0.717, 1.165) is 10.9 Å². The van der Waals surface area contributed by atoms with Gasteiger partial charge in [0.1, 0.15) is 11.4 Å². The molecule has 0 aliphatic rings. The Hall–Kier alpha value is -7.17. The lowest BCUT2D eigenvalue weighted by molar-refractivity contribution is -0.116. The molecule has 0 fully saturated rings. The van der Waals surface area contributed by atoms with Crippen molar-refractivity contribution in [2.75, 3.05) is 35.4 Å². The number of benzene rings is 2. The minimum absolute atomic E-state index is 0.0384. The number of nitrogens with zero attached hydrogens (tertiary/aromatic N) is 7. The minimum Gasteiger partial charge on any atom is -0.493 e. The van der Waals surface area contributed by atoms with E-state index >= 15 is 0 Å². The van der Waals surface area contributed by atoms with E-state index in [0.29, 0.717) is 51.9 Å². The maximum Gasteiger partial charge on any atom is 0.295 e. The van der Waals surface area contributed by atoms with Crippen LogP contribution < -0.4 is 31.2 Å². The van der Waals surface area contributed by atoms with Crippen molar-refractivity contribution in [2.45, 2.75) is 19.8 Å². The zero-order valence-electron chi connectivity index (χ0n) is 30.3. The number of imidazole rings is 1. The molecule has 0 aliphatic carbocycles. The molecule has 0 saturated heterocycles. The van der Waals surface area contributed by atoms with Gasteiger partial charge in [-0.15, -0.1) is 0 Å². The molecule has 0 radical (unpaired) electrons. The Bertz CT molecular complexity index is 2430. The zero-order chi connectivity index (χ0) is 38.7. The number of aliphatic imine (C=N–C) groups is 1. The summed E-state index contributed by atoms with van der Waals surface area (Å²) in [6.45, 7) is 5.72. The van der Waals surface area contributed by atoms with Crippen molar-refractivity contribution < 1.29 is 28.7 Å². The maximum atomic E-state index is 13.3. The second kappa shape index (κ2) is 15.2. The number of hydrogen-bond acceptors (Lipinski definition) is 10. The number of ether oxygens (including phenoxy) is 2. The van der Waals surface area contributed by atoms with E-state index in [1.165, 1.54) is 21.5 Å². The van der Waals surface area contributed by atoms with Gasteiger partial charge in [0.2, 0.25) is 11.7 Å². The summed E-state index contributed by atoms with van der Waals surface area (Å²) < 4.78 is 17.1. The highest BCUT2D eigenvalue weighted by Gasteiger charge is 2.21. The summed E-state index contributed by atoms with van der Waals surface area (Å²) >= 11 is 0. The SMILES string of the molecule is C=Nc1cc(OCCCC(=O)Nc2cn(C)c(C(=O)Nc3cc(C(=O)Nc4cc(C(=O)n5ncc6cc(N)ccc65)n(C)c4)n(C)c3)n2)c(OC)cc1C. The number of aromatic nitrogens is 6. The first-order chi connectivity index (χ1) is 25.8. The number of carbonyl (C=O) groups is 4. The maximum absolute atomic E-state index is 13.3. The van der Waals surface area contributed by atoms with E-state index in [1.807, 2.05) is 13.0 Å². The van der Waals surface area contributed by atoms with E-state index in [1.54, 1.807) is 86.3 Å². The van der Waals surface area contributed by atoms with Gasteiger partial charge in [-0.2, -0.15) is 9.78 Å². The summed E-state index contributed by atoms with van der Waals surface area (Å²) in [6, 6.07) is 11.8. The van der Waals surface area contributed by atoms with Crippen molar-refractivity contribution >= 4 is 69.8 Å². The number of amides is 3. The van der Waals surface area contributed by atoms with Gasteiger partial charge in [0.15, 0.2) is 17.3 Å². The van der Waals surface area contributed by atoms with Gasteiger partial charge in [0.25, 0.3) is 17.7 Å². The van der Waals surface area contributed by atoms with Crippen LogP contribution in [0, 0.1) is 6.92 Å². The fraction of sp³-hybridized carbons (Fsp3) is 0.216. The van der Waals surface area contributed by atoms with Crippen molar-refractivity contribution in [1.29, 1.82) is 0 Å². The van der Waals surface area contributed by atoms with Gasteiger partial charge in [-0.1, -0.05) is 0 Å². The summed E-state index contributed by atoms with van der Waals surface area (Å²) in [4.78, 5) is 60.7. The Balaban J connectivity index is 1.03. The van der Waals surface area contributed by atoms with Gasteiger partial charge in [-0.25, -0.2) is 4.98 Å². The summed E-state index contributed by atoms with van der Waals surface area (Å²) in [5.41, 5.74) is 9.87. The Morgan fingerprint density at radius 1 is 0.870 bits per heavy atom. The third-order valence-corrected chi connectivity index (χ3v) is 8.57. The third kappa shape index (κ3) is 7.69. The molecular formula is C37H39N11O6. The van der Waals surface area contributed by atoms with Crippen LogP contribution in [0.2, 0.25) is 0 Å². The predicted octanol–water partition coefficient (Wildman–Crippen LogP) is 4.67. The van der Waals surface area contributed by atoms with Crippen LogP contribution in [-0.2, 0) is 25.9 Å². The Morgan fingerprint density at radius 3 is 2.30 bits per heavy atom. The van der Waals surface area contributed by atoms with Crippen molar-refractivity contribution in [3.63, 3.8) is 0 Å². The number of hydrogen-bond donors (Lipinski definition) is 4. The quantitative estimate of drug-likeness (QED) is 0.0738. The number of methoxy groups -OCH3 is 1. The molecule has 3 amide bonds. The lowest BCUT2D eigenvalue weighted by Gasteiger charge is -2.12. The average Bonchev–Trinajstić information content (AvgIpc) is 3.91. The molecule has 0 unspecified atom stereocenters. The first kappa shape index (κ1) is 36.6. The van der Waals surface area contributed by atoms with Crippen LogP contribution in [-0.4, -0.2) is 72.5 Å². The highest BCUT2D eigenvalue weighted by Crippen LogP contribution is 2.34. The lowest BCUT2D eigenvalue weighted by atomic mass is 10.2. The highest BCUT2D eigenvalue weighted by atomic mass is 16.5. The molecule has 17 heteroatoms. The zero-order valence-corrected chi connectivity index (χ0v) is 30.3. The molecule has 0 spiro atoms. The summed E-state index contributed by atoms with van der Waals surface area (Å²) in [5, 5.41) is 13.2. The van der Waals surface area contributed by atoms with Gasteiger partial charge >= 0.3 is 0 Å². The molecule has 17 nitrogen and oxygen atoms in total. The molecule has 2 aromatic carbocycles. The summed E-state index contributed by atoms with van der Waals surface area (Å²) in [6.07, 6.45) is 6.84. The number of carbonyl (C=O) groups excluding carboxylic acids is 4. The number of aryl methyl sites for hydroxylation is 4.